The highest BCUT2D eigenvalue weighted by atomic mass is 32.1. The largest absolute Gasteiger partial charge is 0.315 e. The molecule has 76 valence electrons. The van der Waals surface area contributed by atoms with Crippen molar-refractivity contribution in [3.05, 3.63) is 29.3 Å². The number of amides is 1. The van der Waals surface area contributed by atoms with E-state index in [1.54, 1.807) is 11.9 Å². The summed E-state index contributed by atoms with van der Waals surface area (Å²) in [5.74, 6) is 0.250. The third-order valence-electron chi connectivity index (χ3n) is 2.39. The fraction of sp³-hybridized carbons (Fsp3) is 0.364. The molecule has 0 aliphatic carbocycles. The van der Waals surface area contributed by atoms with Gasteiger partial charge < -0.3 is 4.90 Å². The summed E-state index contributed by atoms with van der Waals surface area (Å²) in [6.07, 6.45) is 0. The van der Waals surface area contributed by atoms with Gasteiger partial charge >= 0.3 is 0 Å². The Morgan fingerprint density at radius 2 is 2.00 bits per heavy atom. The average molecular weight is 209 g/mol. The Kier molecular flexibility index (Phi) is 3.58. The second-order valence-electron chi connectivity index (χ2n) is 3.38. The quantitative estimate of drug-likeness (QED) is 0.740. The monoisotopic (exact) mass is 209 g/mol. The molecular weight excluding hydrogens is 194 g/mol. The number of hydrogen-bond donors (Lipinski definition) is 1. The number of hydrogen-bond acceptors (Lipinski definition) is 2. The van der Waals surface area contributed by atoms with Gasteiger partial charge in [0.2, 0.25) is 5.91 Å². The van der Waals surface area contributed by atoms with Gasteiger partial charge in [-0.15, -0.1) is 0 Å². The summed E-state index contributed by atoms with van der Waals surface area (Å²) < 4.78 is 0. The number of nitrogens with zero attached hydrogens (tertiary/aromatic N) is 1. The van der Waals surface area contributed by atoms with E-state index in [9.17, 15) is 4.79 Å². The first kappa shape index (κ1) is 11.1. The molecule has 0 aliphatic rings. The molecule has 0 N–H and O–H groups in total. The summed E-state index contributed by atoms with van der Waals surface area (Å²) >= 11 is 3.96. The zero-order valence-corrected chi connectivity index (χ0v) is 9.64. The molecule has 0 unspecified atom stereocenters. The highest BCUT2D eigenvalue weighted by Gasteiger charge is 2.08. The topological polar surface area (TPSA) is 20.3 Å². The maximum Gasteiger partial charge on any atom is 0.236 e. The van der Waals surface area contributed by atoms with Crippen molar-refractivity contribution in [2.75, 3.05) is 17.7 Å². The van der Waals surface area contributed by atoms with Crippen LogP contribution in [0.2, 0.25) is 0 Å². The Morgan fingerprint density at radius 3 is 2.50 bits per heavy atom. The van der Waals surface area contributed by atoms with Crippen molar-refractivity contribution in [1.29, 1.82) is 0 Å². The maximum atomic E-state index is 11.4. The van der Waals surface area contributed by atoms with E-state index in [4.69, 9.17) is 0 Å². The standard InChI is InChI=1S/C11H15NOS/c1-8-4-5-10(6-9(8)2)12(3)11(13)7-14/h4-6,14H,7H2,1-3H3. The van der Waals surface area contributed by atoms with Crippen LogP contribution in [0.5, 0.6) is 0 Å². The highest BCUT2D eigenvalue weighted by Crippen LogP contribution is 2.17. The maximum absolute atomic E-state index is 11.4. The molecule has 2 nitrogen and oxygen atoms in total. The third-order valence-corrected chi connectivity index (χ3v) is 2.66. The van der Waals surface area contributed by atoms with E-state index >= 15 is 0 Å². The fourth-order valence-corrected chi connectivity index (χ4v) is 1.40. The second-order valence-corrected chi connectivity index (χ2v) is 3.70. The molecule has 0 aromatic heterocycles. The molecule has 0 saturated carbocycles. The molecule has 1 rings (SSSR count). The Bertz CT molecular complexity index is 349. The summed E-state index contributed by atoms with van der Waals surface area (Å²) in [4.78, 5) is 13.0. The van der Waals surface area contributed by atoms with Crippen LogP contribution in [0, 0.1) is 13.8 Å². The van der Waals surface area contributed by atoms with Crippen molar-refractivity contribution in [2.24, 2.45) is 0 Å². The number of thiol groups is 1. The van der Waals surface area contributed by atoms with E-state index in [-0.39, 0.29) is 11.7 Å². The lowest BCUT2D eigenvalue weighted by atomic mass is 10.1. The van der Waals surface area contributed by atoms with Crippen LogP contribution in [0.1, 0.15) is 11.1 Å². The van der Waals surface area contributed by atoms with Crippen LogP contribution in [0.4, 0.5) is 5.69 Å². The molecule has 3 heteroatoms. The van der Waals surface area contributed by atoms with Crippen molar-refractivity contribution < 1.29 is 4.79 Å². The van der Waals surface area contributed by atoms with E-state index in [2.05, 4.69) is 19.6 Å². The van der Waals surface area contributed by atoms with Crippen molar-refractivity contribution in [3.63, 3.8) is 0 Å². The van der Waals surface area contributed by atoms with Gasteiger partial charge in [-0.05, 0) is 37.1 Å². The summed E-state index contributed by atoms with van der Waals surface area (Å²) in [5.41, 5.74) is 3.36. The first-order chi connectivity index (χ1) is 6.56. The average Bonchev–Trinajstić information content (AvgIpc) is 2.20. The van der Waals surface area contributed by atoms with E-state index in [1.165, 1.54) is 11.1 Å². The Labute approximate surface area is 90.3 Å². The van der Waals surface area contributed by atoms with E-state index in [0.29, 0.717) is 0 Å². The zero-order chi connectivity index (χ0) is 10.7. The van der Waals surface area contributed by atoms with Crippen LogP contribution >= 0.6 is 12.6 Å². The van der Waals surface area contributed by atoms with Gasteiger partial charge in [-0.25, -0.2) is 0 Å². The van der Waals surface area contributed by atoms with Crippen LogP contribution in [0.25, 0.3) is 0 Å². The van der Waals surface area contributed by atoms with Crippen molar-refractivity contribution in [3.8, 4) is 0 Å². The van der Waals surface area contributed by atoms with E-state index < -0.39 is 0 Å². The number of carbonyl (C=O) groups is 1. The van der Waals surface area contributed by atoms with Crippen LogP contribution in [0.15, 0.2) is 18.2 Å². The molecule has 0 radical (unpaired) electrons. The number of anilines is 1. The molecule has 0 spiro atoms. The van der Waals surface area contributed by atoms with Crippen LogP contribution in [-0.4, -0.2) is 18.7 Å². The van der Waals surface area contributed by atoms with Gasteiger partial charge in [0, 0.05) is 12.7 Å². The summed E-state index contributed by atoms with van der Waals surface area (Å²) in [6, 6.07) is 5.98. The van der Waals surface area contributed by atoms with Gasteiger partial charge in [0.25, 0.3) is 0 Å². The lowest BCUT2D eigenvalue weighted by Crippen LogP contribution is -2.27. The molecule has 0 aliphatic heterocycles. The van der Waals surface area contributed by atoms with Crippen LogP contribution in [0.3, 0.4) is 0 Å². The summed E-state index contributed by atoms with van der Waals surface area (Å²) in [5, 5.41) is 0. The molecule has 0 heterocycles. The van der Waals surface area contributed by atoms with Crippen molar-refractivity contribution in [1.82, 2.24) is 0 Å². The van der Waals surface area contributed by atoms with Gasteiger partial charge in [-0.3, -0.25) is 4.79 Å². The Hall–Kier alpha value is -0.960. The SMILES string of the molecule is Cc1ccc(N(C)C(=O)CS)cc1C. The zero-order valence-electron chi connectivity index (χ0n) is 8.74. The number of rotatable bonds is 2. The smallest absolute Gasteiger partial charge is 0.236 e. The minimum atomic E-state index is 0.0107. The predicted octanol–water partition coefficient (Wildman–Crippen LogP) is 2.20. The molecular formula is C11H15NOS. The minimum Gasteiger partial charge on any atom is -0.315 e. The van der Waals surface area contributed by atoms with Crippen LogP contribution < -0.4 is 4.90 Å². The molecule has 1 amide bonds. The molecule has 0 fully saturated rings. The lowest BCUT2D eigenvalue weighted by molar-refractivity contribution is -0.115. The van der Waals surface area contributed by atoms with Crippen molar-refractivity contribution in [2.45, 2.75) is 13.8 Å². The summed E-state index contributed by atoms with van der Waals surface area (Å²) in [6.45, 7) is 4.09. The van der Waals surface area contributed by atoms with Crippen LogP contribution in [-0.2, 0) is 4.79 Å². The molecule has 1 aromatic rings. The molecule has 0 atom stereocenters. The van der Waals surface area contributed by atoms with Gasteiger partial charge in [-0.2, -0.15) is 12.6 Å². The highest BCUT2D eigenvalue weighted by molar-refractivity contribution is 7.81. The number of benzene rings is 1. The second kappa shape index (κ2) is 4.51. The van der Waals surface area contributed by atoms with Gasteiger partial charge in [-0.1, -0.05) is 6.07 Å². The normalized spacial score (nSPS) is 10.0. The Morgan fingerprint density at radius 1 is 1.36 bits per heavy atom. The molecule has 0 bridgehead atoms. The summed E-state index contributed by atoms with van der Waals surface area (Å²) in [7, 11) is 1.77. The van der Waals surface area contributed by atoms with E-state index in [0.717, 1.165) is 5.69 Å². The number of carbonyl (C=O) groups excluding carboxylic acids is 1. The first-order valence-electron chi connectivity index (χ1n) is 4.51. The van der Waals surface area contributed by atoms with Crippen molar-refractivity contribution >= 4 is 24.2 Å². The van der Waals surface area contributed by atoms with Gasteiger partial charge in [0.05, 0.1) is 5.75 Å². The van der Waals surface area contributed by atoms with Gasteiger partial charge in [0.1, 0.15) is 0 Å². The van der Waals surface area contributed by atoms with Gasteiger partial charge in [0.15, 0.2) is 0 Å². The third kappa shape index (κ3) is 2.29. The molecule has 0 saturated heterocycles. The fourth-order valence-electron chi connectivity index (χ4n) is 1.18. The lowest BCUT2D eigenvalue weighted by Gasteiger charge is -2.17. The molecule has 1 aromatic carbocycles. The Balaban J connectivity index is 2.96. The molecule has 14 heavy (non-hydrogen) atoms. The van der Waals surface area contributed by atoms with E-state index in [1.807, 2.05) is 25.1 Å². The first-order valence-corrected chi connectivity index (χ1v) is 5.14. The number of aryl methyl sites for hydroxylation is 2. The predicted molar refractivity (Wildman–Crippen MR) is 63.2 cm³/mol. The minimum absolute atomic E-state index is 0.0107.